The van der Waals surface area contributed by atoms with E-state index in [0.29, 0.717) is 21.2 Å². The van der Waals surface area contributed by atoms with E-state index < -0.39 is 0 Å². The van der Waals surface area contributed by atoms with E-state index in [4.69, 9.17) is 5.11 Å². The fraction of sp³-hybridized carbons (Fsp3) is 0.133. The summed E-state index contributed by atoms with van der Waals surface area (Å²) in [5.74, 6) is -0.178. The van der Waals surface area contributed by atoms with Crippen LogP contribution >= 0.6 is 22.6 Å². The quantitative estimate of drug-likeness (QED) is 0.712. The number of amides is 1. The van der Waals surface area contributed by atoms with Gasteiger partial charge in [0.15, 0.2) is 0 Å². The van der Waals surface area contributed by atoms with Crippen LogP contribution in [0.2, 0.25) is 0 Å². The summed E-state index contributed by atoms with van der Waals surface area (Å²) in [6.45, 7) is 0.105. The van der Waals surface area contributed by atoms with Crippen LogP contribution in [-0.2, 0) is 6.42 Å². The van der Waals surface area contributed by atoms with Crippen LogP contribution in [0, 0.1) is 3.57 Å². The summed E-state index contributed by atoms with van der Waals surface area (Å²) in [7, 11) is 0. The van der Waals surface area contributed by atoms with Gasteiger partial charge in [-0.25, -0.2) is 0 Å². The molecule has 0 fully saturated rings. The number of aliphatic hydroxyl groups excluding tert-OH is 1. The van der Waals surface area contributed by atoms with E-state index in [1.807, 2.05) is 34.7 Å². The minimum Gasteiger partial charge on any atom is -0.507 e. The van der Waals surface area contributed by atoms with E-state index in [2.05, 4.69) is 5.32 Å². The molecular formula is C15H14INO3. The van der Waals surface area contributed by atoms with Gasteiger partial charge in [0, 0.05) is 17.9 Å². The van der Waals surface area contributed by atoms with Gasteiger partial charge in [0.1, 0.15) is 5.75 Å². The van der Waals surface area contributed by atoms with Crippen molar-refractivity contribution >= 4 is 34.2 Å². The Hall–Kier alpha value is -1.60. The second-order valence-electron chi connectivity index (χ2n) is 4.29. The first kappa shape index (κ1) is 14.8. The Bertz CT molecular complexity index is 611. The normalized spacial score (nSPS) is 10.3. The number of halogens is 1. The second kappa shape index (κ2) is 6.71. The number of benzene rings is 2. The van der Waals surface area contributed by atoms with Crippen LogP contribution in [0.25, 0.3) is 0 Å². The van der Waals surface area contributed by atoms with Crippen molar-refractivity contribution in [2.45, 2.75) is 6.42 Å². The molecule has 0 atom stereocenters. The highest BCUT2D eigenvalue weighted by Gasteiger charge is 2.08. The van der Waals surface area contributed by atoms with Crippen LogP contribution in [0.5, 0.6) is 5.75 Å². The molecule has 0 aliphatic heterocycles. The van der Waals surface area contributed by atoms with Crippen molar-refractivity contribution in [3.05, 3.63) is 57.2 Å². The average Bonchev–Trinajstić information content (AvgIpc) is 2.44. The molecule has 0 heterocycles. The van der Waals surface area contributed by atoms with Gasteiger partial charge in [-0.3, -0.25) is 4.79 Å². The van der Waals surface area contributed by atoms with Crippen molar-refractivity contribution < 1.29 is 15.0 Å². The van der Waals surface area contributed by atoms with Gasteiger partial charge in [-0.15, -0.1) is 0 Å². The molecule has 0 aliphatic rings. The molecule has 0 radical (unpaired) electrons. The highest BCUT2D eigenvalue weighted by molar-refractivity contribution is 14.1. The summed E-state index contributed by atoms with van der Waals surface area (Å²) in [4.78, 5) is 12.0. The van der Waals surface area contributed by atoms with Crippen molar-refractivity contribution in [2.75, 3.05) is 11.9 Å². The molecule has 0 saturated heterocycles. The molecule has 104 valence electrons. The van der Waals surface area contributed by atoms with Crippen LogP contribution in [0.3, 0.4) is 0 Å². The van der Waals surface area contributed by atoms with Crippen LogP contribution in [-0.4, -0.2) is 22.7 Å². The van der Waals surface area contributed by atoms with E-state index in [-0.39, 0.29) is 18.3 Å². The Morgan fingerprint density at radius 1 is 1.15 bits per heavy atom. The zero-order valence-electron chi connectivity index (χ0n) is 10.6. The molecule has 1 amide bonds. The molecular weight excluding hydrogens is 369 g/mol. The summed E-state index contributed by atoms with van der Waals surface area (Å²) in [5, 5.41) is 21.2. The molecule has 2 aromatic carbocycles. The number of hydrogen-bond donors (Lipinski definition) is 3. The van der Waals surface area contributed by atoms with Crippen molar-refractivity contribution in [1.82, 2.24) is 0 Å². The monoisotopic (exact) mass is 383 g/mol. The van der Waals surface area contributed by atoms with Gasteiger partial charge < -0.3 is 15.5 Å². The first-order chi connectivity index (χ1) is 9.60. The van der Waals surface area contributed by atoms with Crippen molar-refractivity contribution in [3.8, 4) is 5.75 Å². The summed E-state index contributed by atoms with van der Waals surface area (Å²) in [6, 6.07) is 12.1. The lowest BCUT2D eigenvalue weighted by Gasteiger charge is -2.07. The van der Waals surface area contributed by atoms with E-state index in [1.165, 1.54) is 6.07 Å². The smallest absolute Gasteiger partial charge is 0.255 e. The molecule has 0 spiro atoms. The maximum Gasteiger partial charge on any atom is 0.255 e. The number of nitrogens with one attached hydrogen (secondary N) is 1. The SMILES string of the molecule is O=C(Nc1ccc(CCO)cc1)c1ccc(I)c(O)c1. The van der Waals surface area contributed by atoms with Gasteiger partial charge in [-0.1, -0.05) is 12.1 Å². The second-order valence-corrected chi connectivity index (χ2v) is 5.45. The predicted molar refractivity (Wildman–Crippen MR) is 86.0 cm³/mol. The van der Waals surface area contributed by atoms with Crippen molar-refractivity contribution in [3.63, 3.8) is 0 Å². The fourth-order valence-electron chi connectivity index (χ4n) is 1.74. The number of hydrogen-bond acceptors (Lipinski definition) is 3. The lowest BCUT2D eigenvalue weighted by molar-refractivity contribution is 0.102. The number of phenolic OH excluding ortho intramolecular Hbond substituents is 1. The molecule has 0 saturated carbocycles. The highest BCUT2D eigenvalue weighted by Crippen LogP contribution is 2.21. The van der Waals surface area contributed by atoms with Gasteiger partial charge in [-0.05, 0) is 64.9 Å². The zero-order valence-corrected chi connectivity index (χ0v) is 12.8. The van der Waals surface area contributed by atoms with Crippen LogP contribution < -0.4 is 5.32 Å². The van der Waals surface area contributed by atoms with Crippen LogP contribution in [0.1, 0.15) is 15.9 Å². The zero-order chi connectivity index (χ0) is 14.5. The number of rotatable bonds is 4. The number of aromatic hydroxyl groups is 1. The Balaban J connectivity index is 2.08. The van der Waals surface area contributed by atoms with Gasteiger partial charge in [0.05, 0.1) is 3.57 Å². The topological polar surface area (TPSA) is 69.6 Å². The largest absolute Gasteiger partial charge is 0.507 e. The number of phenols is 1. The molecule has 4 nitrogen and oxygen atoms in total. The first-order valence-corrected chi connectivity index (χ1v) is 7.17. The maximum absolute atomic E-state index is 12.0. The Kier molecular flexibility index (Phi) is 4.97. The third kappa shape index (κ3) is 3.71. The summed E-state index contributed by atoms with van der Waals surface area (Å²) in [5.41, 5.74) is 2.09. The molecule has 20 heavy (non-hydrogen) atoms. The minimum absolute atomic E-state index is 0.0940. The number of carbonyl (C=O) groups excluding carboxylic acids is 1. The Morgan fingerprint density at radius 3 is 2.45 bits per heavy atom. The molecule has 0 aromatic heterocycles. The first-order valence-electron chi connectivity index (χ1n) is 6.10. The Morgan fingerprint density at radius 2 is 1.85 bits per heavy atom. The molecule has 0 unspecified atom stereocenters. The third-order valence-corrected chi connectivity index (χ3v) is 3.73. The molecule has 2 aromatic rings. The van der Waals surface area contributed by atoms with Crippen molar-refractivity contribution in [2.24, 2.45) is 0 Å². The van der Waals surface area contributed by atoms with Gasteiger partial charge >= 0.3 is 0 Å². The molecule has 5 heteroatoms. The molecule has 0 aliphatic carbocycles. The third-order valence-electron chi connectivity index (χ3n) is 2.82. The van der Waals surface area contributed by atoms with Gasteiger partial charge in [0.2, 0.25) is 0 Å². The van der Waals surface area contributed by atoms with Crippen LogP contribution in [0.15, 0.2) is 42.5 Å². The average molecular weight is 383 g/mol. The maximum atomic E-state index is 12.0. The predicted octanol–water partition coefficient (Wildman–Crippen LogP) is 2.78. The number of aliphatic hydroxyl groups is 1. The number of anilines is 1. The standard InChI is InChI=1S/C15H14INO3/c16-13-6-3-11(9-14(13)19)15(20)17-12-4-1-10(2-5-12)7-8-18/h1-6,9,18-19H,7-8H2,(H,17,20). The van der Waals surface area contributed by atoms with E-state index in [9.17, 15) is 9.90 Å². The molecule has 3 N–H and O–H groups in total. The fourth-order valence-corrected chi connectivity index (χ4v) is 2.08. The van der Waals surface area contributed by atoms with E-state index in [0.717, 1.165) is 5.56 Å². The molecule has 2 rings (SSSR count). The summed E-state index contributed by atoms with van der Waals surface area (Å²) in [6.07, 6.45) is 0.596. The minimum atomic E-state index is -0.272. The van der Waals surface area contributed by atoms with Crippen LogP contribution in [0.4, 0.5) is 5.69 Å². The lowest BCUT2D eigenvalue weighted by Crippen LogP contribution is -2.11. The van der Waals surface area contributed by atoms with Crippen molar-refractivity contribution in [1.29, 1.82) is 0 Å². The summed E-state index contributed by atoms with van der Waals surface area (Å²) >= 11 is 2.00. The Labute approximate surface area is 130 Å². The molecule has 0 bridgehead atoms. The van der Waals surface area contributed by atoms with Gasteiger partial charge in [0.25, 0.3) is 5.91 Å². The van der Waals surface area contributed by atoms with E-state index in [1.54, 1.807) is 24.3 Å². The highest BCUT2D eigenvalue weighted by atomic mass is 127. The number of carbonyl (C=O) groups is 1. The van der Waals surface area contributed by atoms with Gasteiger partial charge in [-0.2, -0.15) is 0 Å². The summed E-state index contributed by atoms with van der Waals surface area (Å²) < 4.78 is 0.701. The van der Waals surface area contributed by atoms with E-state index >= 15 is 0 Å². The lowest BCUT2D eigenvalue weighted by atomic mass is 10.1.